The molecule has 3 aromatic carbocycles. The number of rotatable bonds is 12. The number of sulfonamides is 1. The summed E-state index contributed by atoms with van der Waals surface area (Å²) < 4.78 is 27.2. The molecule has 3 aromatic rings. The second-order valence-electron chi connectivity index (χ2n) is 10.2. The molecule has 0 aliphatic heterocycles. The summed E-state index contributed by atoms with van der Waals surface area (Å²) in [5, 5.41) is 3.58. The molecule has 9 heteroatoms. The van der Waals surface area contributed by atoms with Gasteiger partial charge in [-0.15, -0.1) is 0 Å². The molecule has 2 atom stereocenters. The quantitative estimate of drug-likeness (QED) is 0.314. The smallest absolute Gasteiger partial charge is 0.244 e. The van der Waals surface area contributed by atoms with Crippen molar-refractivity contribution in [1.29, 1.82) is 0 Å². The molecule has 1 N–H and O–H groups in total. The Morgan fingerprint density at radius 3 is 2.05 bits per heavy atom. The molecule has 0 aromatic heterocycles. The van der Waals surface area contributed by atoms with Gasteiger partial charge in [-0.2, -0.15) is 0 Å². The van der Waals surface area contributed by atoms with Gasteiger partial charge in [0, 0.05) is 24.0 Å². The number of hydrogen-bond donors (Lipinski definition) is 1. The van der Waals surface area contributed by atoms with Crippen LogP contribution in [0.25, 0.3) is 0 Å². The molecule has 0 heterocycles. The summed E-state index contributed by atoms with van der Waals surface area (Å²) in [6.07, 6.45) is 2.08. The third-order valence-corrected chi connectivity index (χ3v) is 8.27. The van der Waals surface area contributed by atoms with E-state index < -0.39 is 28.5 Å². The molecule has 7 nitrogen and oxygen atoms in total. The highest BCUT2D eigenvalue weighted by Gasteiger charge is 2.34. The van der Waals surface area contributed by atoms with Gasteiger partial charge in [-0.05, 0) is 61.6 Å². The van der Waals surface area contributed by atoms with Crippen LogP contribution in [0.1, 0.15) is 42.5 Å². The van der Waals surface area contributed by atoms with Crippen molar-refractivity contribution < 1.29 is 18.0 Å². The van der Waals surface area contributed by atoms with Gasteiger partial charge in [0.2, 0.25) is 21.8 Å². The minimum absolute atomic E-state index is 0.0969. The molecule has 40 heavy (non-hydrogen) atoms. The molecule has 3 rings (SSSR count). The fourth-order valence-electron chi connectivity index (χ4n) is 4.56. The number of nitrogens with one attached hydrogen (secondary N) is 1. The highest BCUT2D eigenvalue weighted by Crippen LogP contribution is 2.27. The van der Waals surface area contributed by atoms with E-state index in [0.717, 1.165) is 39.2 Å². The number of benzene rings is 3. The molecule has 0 spiro atoms. The number of halogens is 1. The molecule has 0 aliphatic rings. The van der Waals surface area contributed by atoms with Crippen molar-refractivity contribution >= 4 is 39.1 Å². The summed E-state index contributed by atoms with van der Waals surface area (Å²) in [6.45, 7) is 7.17. The zero-order chi connectivity index (χ0) is 29.4. The van der Waals surface area contributed by atoms with Gasteiger partial charge < -0.3 is 10.2 Å². The first-order valence-electron chi connectivity index (χ1n) is 13.3. The van der Waals surface area contributed by atoms with E-state index in [0.29, 0.717) is 10.7 Å². The average molecular weight is 584 g/mol. The van der Waals surface area contributed by atoms with Crippen molar-refractivity contribution in [2.24, 2.45) is 0 Å². The van der Waals surface area contributed by atoms with Crippen molar-refractivity contribution in [2.75, 3.05) is 17.1 Å². The van der Waals surface area contributed by atoms with E-state index in [-0.39, 0.29) is 24.9 Å². The lowest BCUT2D eigenvalue weighted by atomic mass is 10.0. The molecule has 214 valence electrons. The topological polar surface area (TPSA) is 86.8 Å². The predicted molar refractivity (Wildman–Crippen MR) is 162 cm³/mol. The number of carbonyl (C=O) groups excluding carboxylic acids is 2. The summed E-state index contributed by atoms with van der Waals surface area (Å²) >= 11 is 6.10. The largest absolute Gasteiger partial charge is 0.352 e. The maximum absolute atomic E-state index is 14.2. The van der Waals surface area contributed by atoms with Crippen LogP contribution in [0.3, 0.4) is 0 Å². The highest BCUT2D eigenvalue weighted by atomic mass is 35.5. The van der Waals surface area contributed by atoms with E-state index in [9.17, 15) is 18.0 Å². The SMILES string of the molecule is CC[C@H](C)NC(=O)[C@H](Cc1ccccc1)N(Cc1ccc(Cl)cc1)C(=O)CN(c1c(C)cccc1C)S(C)(=O)=O. The van der Waals surface area contributed by atoms with Gasteiger partial charge in [-0.3, -0.25) is 13.9 Å². The van der Waals surface area contributed by atoms with Gasteiger partial charge in [0.05, 0.1) is 11.9 Å². The molecule has 0 radical (unpaired) electrons. The van der Waals surface area contributed by atoms with Gasteiger partial charge in [0.15, 0.2) is 0 Å². The van der Waals surface area contributed by atoms with E-state index in [1.54, 1.807) is 24.3 Å². The minimum Gasteiger partial charge on any atom is -0.352 e. The maximum atomic E-state index is 14.2. The van der Waals surface area contributed by atoms with Gasteiger partial charge in [-0.1, -0.05) is 79.2 Å². The molecule has 2 amide bonds. The lowest BCUT2D eigenvalue weighted by Crippen LogP contribution is -2.54. The van der Waals surface area contributed by atoms with Crippen LogP contribution in [-0.4, -0.2) is 50.0 Å². The molecular weight excluding hydrogens is 546 g/mol. The van der Waals surface area contributed by atoms with Crippen LogP contribution in [0, 0.1) is 13.8 Å². The number of nitrogens with zero attached hydrogens (tertiary/aromatic N) is 2. The van der Waals surface area contributed by atoms with Crippen molar-refractivity contribution in [3.8, 4) is 0 Å². The van der Waals surface area contributed by atoms with Crippen LogP contribution in [0.15, 0.2) is 72.8 Å². The van der Waals surface area contributed by atoms with Crippen LogP contribution in [-0.2, 0) is 32.6 Å². The van der Waals surface area contributed by atoms with Crippen molar-refractivity contribution in [3.63, 3.8) is 0 Å². The van der Waals surface area contributed by atoms with Crippen molar-refractivity contribution in [2.45, 2.75) is 59.2 Å². The first-order chi connectivity index (χ1) is 18.9. The number of carbonyl (C=O) groups is 2. The Balaban J connectivity index is 2.09. The number of para-hydroxylation sites is 1. The Hall–Kier alpha value is -3.36. The van der Waals surface area contributed by atoms with E-state index in [2.05, 4.69) is 5.32 Å². The lowest BCUT2D eigenvalue weighted by Gasteiger charge is -2.34. The molecule has 0 fully saturated rings. The molecule has 0 aliphatic carbocycles. The second-order valence-corrected chi connectivity index (χ2v) is 12.5. The molecule has 0 bridgehead atoms. The van der Waals surface area contributed by atoms with Crippen LogP contribution in [0.5, 0.6) is 0 Å². The molecule has 0 saturated carbocycles. The fourth-order valence-corrected chi connectivity index (χ4v) is 5.65. The Kier molecular flexibility index (Phi) is 10.8. The number of aryl methyl sites for hydroxylation is 2. The lowest BCUT2D eigenvalue weighted by molar-refractivity contribution is -0.140. The van der Waals surface area contributed by atoms with Crippen LogP contribution >= 0.6 is 11.6 Å². The van der Waals surface area contributed by atoms with E-state index in [4.69, 9.17) is 11.6 Å². The summed E-state index contributed by atoms with van der Waals surface area (Å²) in [7, 11) is -3.83. The molecule has 0 saturated heterocycles. The summed E-state index contributed by atoms with van der Waals surface area (Å²) in [5.74, 6) is -0.776. The second kappa shape index (κ2) is 13.8. The zero-order valence-corrected chi connectivity index (χ0v) is 25.3. The van der Waals surface area contributed by atoms with E-state index in [1.807, 2.05) is 76.2 Å². The molecule has 0 unspecified atom stereocenters. The third-order valence-electron chi connectivity index (χ3n) is 6.91. The Labute approximate surface area is 243 Å². The first-order valence-corrected chi connectivity index (χ1v) is 15.6. The van der Waals surface area contributed by atoms with Gasteiger partial charge in [0.1, 0.15) is 12.6 Å². The summed E-state index contributed by atoms with van der Waals surface area (Å²) in [4.78, 5) is 29.4. The number of amides is 2. The van der Waals surface area contributed by atoms with Gasteiger partial charge >= 0.3 is 0 Å². The standard InChI is InChI=1S/C31H38ClN3O4S/c1-6-24(4)33-31(37)28(19-25-13-8-7-9-14-25)34(20-26-15-17-27(32)18-16-26)29(36)21-35(40(5,38)39)30-22(2)11-10-12-23(30)3/h7-18,24,28H,6,19-21H2,1-5H3,(H,33,37)/t24-,28-/m0/s1. The van der Waals surface area contributed by atoms with Crippen LogP contribution in [0.4, 0.5) is 5.69 Å². The Bertz CT molecular complexity index is 1390. The summed E-state index contributed by atoms with van der Waals surface area (Å²) in [6, 6.07) is 21.0. The number of hydrogen-bond acceptors (Lipinski definition) is 4. The minimum atomic E-state index is -3.83. The Morgan fingerprint density at radius 1 is 0.900 bits per heavy atom. The highest BCUT2D eigenvalue weighted by molar-refractivity contribution is 7.92. The zero-order valence-electron chi connectivity index (χ0n) is 23.7. The van der Waals surface area contributed by atoms with Crippen molar-refractivity contribution in [3.05, 3.63) is 100 Å². The summed E-state index contributed by atoms with van der Waals surface area (Å²) in [5.41, 5.74) is 3.59. The van der Waals surface area contributed by atoms with E-state index in [1.165, 1.54) is 4.90 Å². The maximum Gasteiger partial charge on any atom is 0.244 e. The third kappa shape index (κ3) is 8.32. The van der Waals surface area contributed by atoms with Crippen LogP contribution < -0.4 is 9.62 Å². The Morgan fingerprint density at radius 2 is 1.50 bits per heavy atom. The van der Waals surface area contributed by atoms with Crippen molar-refractivity contribution in [1.82, 2.24) is 10.2 Å². The van der Waals surface area contributed by atoms with Gasteiger partial charge in [0.25, 0.3) is 0 Å². The molecular formula is C31H38ClN3O4S. The predicted octanol–water partition coefficient (Wildman–Crippen LogP) is 5.28. The van der Waals surface area contributed by atoms with Crippen LogP contribution in [0.2, 0.25) is 5.02 Å². The number of anilines is 1. The van der Waals surface area contributed by atoms with Gasteiger partial charge in [-0.25, -0.2) is 8.42 Å². The first kappa shape index (κ1) is 31.2. The monoisotopic (exact) mass is 583 g/mol. The normalized spacial score (nSPS) is 12.8. The fraction of sp³-hybridized carbons (Fsp3) is 0.355. The van der Waals surface area contributed by atoms with E-state index >= 15 is 0 Å². The average Bonchev–Trinajstić information content (AvgIpc) is 2.90.